The molecule has 3 rings (SSSR count). The number of carbonyl (C=O) groups excluding carboxylic acids is 1. The van der Waals surface area contributed by atoms with Crippen LogP contribution in [0.25, 0.3) is 0 Å². The molecular formula is C18H25FN2O. The normalized spacial score (nSPS) is 28.3. The second-order valence-corrected chi connectivity index (χ2v) is 6.77. The van der Waals surface area contributed by atoms with Gasteiger partial charge in [0.05, 0.1) is 0 Å². The first kappa shape index (κ1) is 15.5. The van der Waals surface area contributed by atoms with E-state index in [0.717, 1.165) is 50.6 Å². The van der Waals surface area contributed by atoms with Crippen molar-refractivity contribution in [2.75, 3.05) is 6.54 Å². The van der Waals surface area contributed by atoms with Gasteiger partial charge in [-0.15, -0.1) is 0 Å². The summed E-state index contributed by atoms with van der Waals surface area (Å²) in [6.45, 7) is 0.854. The second-order valence-electron chi connectivity index (χ2n) is 6.77. The Kier molecular flexibility index (Phi) is 4.77. The van der Waals surface area contributed by atoms with Crippen molar-refractivity contribution in [3.63, 3.8) is 0 Å². The third-order valence-electron chi connectivity index (χ3n) is 5.24. The summed E-state index contributed by atoms with van der Waals surface area (Å²) in [5.74, 6) is 0.407. The number of likely N-dealkylation sites (tertiary alicyclic amines) is 1. The van der Waals surface area contributed by atoms with Crippen LogP contribution in [-0.2, 0) is 11.2 Å². The molecule has 3 nitrogen and oxygen atoms in total. The van der Waals surface area contributed by atoms with E-state index in [0.29, 0.717) is 12.3 Å². The molecule has 120 valence electrons. The fourth-order valence-electron chi connectivity index (χ4n) is 3.93. The zero-order chi connectivity index (χ0) is 15.5. The fourth-order valence-corrected chi connectivity index (χ4v) is 3.93. The fraction of sp³-hybridized carbons (Fsp3) is 0.611. The van der Waals surface area contributed by atoms with Crippen molar-refractivity contribution >= 4 is 5.91 Å². The molecule has 1 heterocycles. The third kappa shape index (κ3) is 3.49. The zero-order valence-electron chi connectivity index (χ0n) is 13.0. The number of benzene rings is 1. The highest BCUT2D eigenvalue weighted by molar-refractivity contribution is 5.77. The molecule has 1 aliphatic heterocycles. The predicted molar refractivity (Wildman–Crippen MR) is 84.8 cm³/mol. The number of hydrogen-bond acceptors (Lipinski definition) is 2. The summed E-state index contributed by atoms with van der Waals surface area (Å²) in [5.41, 5.74) is 7.19. The Labute approximate surface area is 131 Å². The van der Waals surface area contributed by atoms with Gasteiger partial charge in [0, 0.05) is 25.0 Å². The SMILES string of the molecule is N[C@@H]1CCC[C@H]1CC(=O)N1CCCC1Cc1ccc(F)cc1. The van der Waals surface area contributed by atoms with Gasteiger partial charge in [-0.1, -0.05) is 18.6 Å². The van der Waals surface area contributed by atoms with E-state index in [2.05, 4.69) is 0 Å². The molecule has 1 unspecified atom stereocenters. The van der Waals surface area contributed by atoms with Gasteiger partial charge in [0.25, 0.3) is 0 Å². The maximum Gasteiger partial charge on any atom is 0.223 e. The van der Waals surface area contributed by atoms with Gasteiger partial charge in [0.15, 0.2) is 0 Å². The molecule has 0 radical (unpaired) electrons. The minimum absolute atomic E-state index is 0.196. The van der Waals surface area contributed by atoms with Gasteiger partial charge in [-0.3, -0.25) is 4.79 Å². The molecule has 1 aromatic rings. The Bertz CT molecular complexity index is 516. The quantitative estimate of drug-likeness (QED) is 0.929. The van der Waals surface area contributed by atoms with Crippen LogP contribution in [0, 0.1) is 11.7 Å². The summed E-state index contributed by atoms with van der Waals surface area (Å²) < 4.78 is 13.0. The van der Waals surface area contributed by atoms with Crippen molar-refractivity contribution in [2.45, 2.75) is 57.0 Å². The number of amides is 1. The van der Waals surface area contributed by atoms with Crippen LogP contribution in [0.4, 0.5) is 4.39 Å². The smallest absolute Gasteiger partial charge is 0.223 e. The molecule has 2 N–H and O–H groups in total. The summed E-state index contributed by atoms with van der Waals surface area (Å²) in [6.07, 6.45) is 6.82. The van der Waals surface area contributed by atoms with E-state index in [1.54, 1.807) is 0 Å². The van der Waals surface area contributed by atoms with Gasteiger partial charge in [0.1, 0.15) is 5.82 Å². The van der Waals surface area contributed by atoms with Crippen LogP contribution >= 0.6 is 0 Å². The molecule has 2 aliphatic rings. The molecule has 1 aliphatic carbocycles. The molecule has 0 bridgehead atoms. The average molecular weight is 304 g/mol. The van der Waals surface area contributed by atoms with Crippen molar-refractivity contribution in [1.29, 1.82) is 0 Å². The monoisotopic (exact) mass is 304 g/mol. The number of hydrogen-bond donors (Lipinski definition) is 1. The maximum atomic E-state index is 13.0. The number of nitrogens with two attached hydrogens (primary N) is 1. The Morgan fingerprint density at radius 1 is 1.18 bits per heavy atom. The Balaban J connectivity index is 1.60. The summed E-state index contributed by atoms with van der Waals surface area (Å²) in [6, 6.07) is 7.09. The maximum absolute atomic E-state index is 13.0. The predicted octanol–water partition coefficient (Wildman–Crippen LogP) is 2.88. The van der Waals surface area contributed by atoms with Crippen molar-refractivity contribution in [3.05, 3.63) is 35.6 Å². The van der Waals surface area contributed by atoms with E-state index >= 15 is 0 Å². The Morgan fingerprint density at radius 3 is 2.64 bits per heavy atom. The highest BCUT2D eigenvalue weighted by atomic mass is 19.1. The molecule has 1 saturated heterocycles. The van der Waals surface area contributed by atoms with E-state index in [9.17, 15) is 9.18 Å². The van der Waals surface area contributed by atoms with Crippen LogP contribution in [0.3, 0.4) is 0 Å². The van der Waals surface area contributed by atoms with Gasteiger partial charge in [-0.2, -0.15) is 0 Å². The van der Waals surface area contributed by atoms with Gasteiger partial charge in [0.2, 0.25) is 5.91 Å². The molecule has 22 heavy (non-hydrogen) atoms. The minimum atomic E-state index is -0.210. The average Bonchev–Trinajstić information content (AvgIpc) is 3.11. The lowest BCUT2D eigenvalue weighted by molar-refractivity contribution is -0.133. The molecule has 3 atom stereocenters. The van der Waals surface area contributed by atoms with Crippen molar-refractivity contribution in [2.24, 2.45) is 11.7 Å². The van der Waals surface area contributed by atoms with E-state index < -0.39 is 0 Å². The second kappa shape index (κ2) is 6.78. The Hall–Kier alpha value is -1.42. The summed E-state index contributed by atoms with van der Waals surface area (Å²) in [4.78, 5) is 14.6. The van der Waals surface area contributed by atoms with Crippen LogP contribution in [0.1, 0.15) is 44.1 Å². The van der Waals surface area contributed by atoms with Crippen molar-refractivity contribution in [3.8, 4) is 0 Å². The van der Waals surface area contributed by atoms with Crippen molar-refractivity contribution in [1.82, 2.24) is 4.90 Å². The minimum Gasteiger partial charge on any atom is -0.339 e. The molecule has 0 spiro atoms. The van der Waals surface area contributed by atoms with Gasteiger partial charge < -0.3 is 10.6 Å². The van der Waals surface area contributed by atoms with E-state index in [-0.39, 0.29) is 23.8 Å². The van der Waals surface area contributed by atoms with E-state index in [1.807, 2.05) is 17.0 Å². The topological polar surface area (TPSA) is 46.3 Å². The molecule has 1 amide bonds. The molecule has 1 saturated carbocycles. The Morgan fingerprint density at radius 2 is 1.95 bits per heavy atom. The molecule has 4 heteroatoms. The first-order chi connectivity index (χ1) is 10.6. The highest BCUT2D eigenvalue weighted by Gasteiger charge is 2.32. The van der Waals surface area contributed by atoms with E-state index in [4.69, 9.17) is 5.73 Å². The number of nitrogens with zero attached hydrogens (tertiary/aromatic N) is 1. The molecule has 2 fully saturated rings. The highest BCUT2D eigenvalue weighted by Crippen LogP contribution is 2.29. The lowest BCUT2D eigenvalue weighted by Crippen LogP contribution is -2.39. The van der Waals surface area contributed by atoms with Crippen LogP contribution in [0.15, 0.2) is 24.3 Å². The summed E-state index contributed by atoms with van der Waals surface area (Å²) >= 11 is 0. The van der Waals surface area contributed by atoms with Crippen LogP contribution in [-0.4, -0.2) is 29.4 Å². The molecular weight excluding hydrogens is 279 g/mol. The largest absolute Gasteiger partial charge is 0.339 e. The van der Waals surface area contributed by atoms with Gasteiger partial charge in [-0.25, -0.2) is 4.39 Å². The number of carbonyl (C=O) groups is 1. The number of halogens is 1. The van der Waals surface area contributed by atoms with Gasteiger partial charge >= 0.3 is 0 Å². The molecule has 0 aromatic heterocycles. The van der Waals surface area contributed by atoms with Crippen LogP contribution in [0.2, 0.25) is 0 Å². The van der Waals surface area contributed by atoms with Crippen LogP contribution < -0.4 is 5.73 Å². The third-order valence-corrected chi connectivity index (χ3v) is 5.24. The number of rotatable bonds is 4. The van der Waals surface area contributed by atoms with E-state index in [1.165, 1.54) is 12.1 Å². The summed E-state index contributed by atoms with van der Waals surface area (Å²) in [5, 5.41) is 0. The lowest BCUT2D eigenvalue weighted by atomic mass is 9.98. The first-order valence-electron chi connectivity index (χ1n) is 8.43. The standard InChI is InChI=1S/C18H25FN2O/c19-15-8-6-13(7-9-15)11-16-4-2-10-21(16)18(22)12-14-3-1-5-17(14)20/h6-9,14,16-17H,1-5,10-12,20H2/t14-,16?,17+/m0/s1. The van der Waals surface area contributed by atoms with Crippen LogP contribution in [0.5, 0.6) is 0 Å². The van der Waals surface area contributed by atoms with Gasteiger partial charge in [-0.05, 0) is 55.7 Å². The zero-order valence-corrected chi connectivity index (χ0v) is 13.0. The lowest BCUT2D eigenvalue weighted by Gasteiger charge is -2.27. The molecule has 1 aromatic carbocycles. The summed E-state index contributed by atoms with van der Waals surface area (Å²) in [7, 11) is 0. The first-order valence-corrected chi connectivity index (χ1v) is 8.43. The van der Waals surface area contributed by atoms with Crippen molar-refractivity contribution < 1.29 is 9.18 Å².